The number of imidazole rings is 1. The molecule has 0 aliphatic carbocycles. The van der Waals surface area contributed by atoms with Gasteiger partial charge in [-0.2, -0.15) is 0 Å². The van der Waals surface area contributed by atoms with Gasteiger partial charge in [-0.15, -0.1) is 0 Å². The third-order valence-corrected chi connectivity index (χ3v) is 3.98. The van der Waals surface area contributed by atoms with E-state index in [1.165, 1.54) is 11.9 Å². The van der Waals surface area contributed by atoms with Crippen molar-refractivity contribution in [3.05, 3.63) is 54.4 Å². The van der Waals surface area contributed by atoms with Crippen LogP contribution in [0.3, 0.4) is 0 Å². The number of aryl methyl sites for hydroxylation is 1. The van der Waals surface area contributed by atoms with Crippen LogP contribution in [0.1, 0.15) is 17.0 Å². The number of hydrogen-bond acceptors (Lipinski definition) is 6. The summed E-state index contributed by atoms with van der Waals surface area (Å²) in [5.74, 6) is 0.697. The third kappa shape index (κ3) is 2.95. The number of hydrogen-bond donors (Lipinski definition) is 0. The fraction of sp³-hybridized carbons (Fsp3) is 0.312. The van der Waals surface area contributed by atoms with Gasteiger partial charge in [-0.1, -0.05) is 0 Å². The smallest absolute Gasteiger partial charge is 0.162 e. The summed E-state index contributed by atoms with van der Waals surface area (Å²) in [4.78, 5) is 24.0. The fourth-order valence-corrected chi connectivity index (χ4v) is 2.84. The molecule has 1 aliphatic rings. The molecule has 0 saturated carbocycles. The normalized spacial score (nSPS) is 14.7. The van der Waals surface area contributed by atoms with Gasteiger partial charge in [0.1, 0.15) is 6.33 Å². The molecule has 4 heterocycles. The minimum Gasteiger partial charge on any atom is -0.340 e. The van der Waals surface area contributed by atoms with Crippen molar-refractivity contribution in [1.82, 2.24) is 34.4 Å². The van der Waals surface area contributed by atoms with Gasteiger partial charge in [0.2, 0.25) is 0 Å². The van der Waals surface area contributed by atoms with Crippen LogP contribution in [0.15, 0.2) is 37.4 Å². The lowest BCUT2D eigenvalue weighted by Crippen LogP contribution is -2.31. The highest BCUT2D eigenvalue weighted by Crippen LogP contribution is 2.21. The molecule has 0 aromatic carbocycles. The maximum Gasteiger partial charge on any atom is 0.162 e. The maximum absolute atomic E-state index is 4.69. The van der Waals surface area contributed by atoms with Crippen LogP contribution >= 0.6 is 0 Å². The molecular formula is C16H17N7. The van der Waals surface area contributed by atoms with E-state index in [0.717, 1.165) is 43.0 Å². The second-order valence-electron chi connectivity index (χ2n) is 5.78. The molecule has 116 valence electrons. The van der Waals surface area contributed by atoms with Crippen molar-refractivity contribution in [2.45, 2.75) is 19.5 Å². The molecule has 0 bridgehead atoms. The van der Waals surface area contributed by atoms with Crippen LogP contribution in [-0.4, -0.2) is 40.9 Å². The molecule has 7 nitrogen and oxygen atoms in total. The Kier molecular flexibility index (Phi) is 3.55. The van der Waals surface area contributed by atoms with Crippen molar-refractivity contribution in [3.63, 3.8) is 0 Å². The molecule has 0 unspecified atom stereocenters. The van der Waals surface area contributed by atoms with Crippen LogP contribution in [0.4, 0.5) is 0 Å². The van der Waals surface area contributed by atoms with E-state index in [9.17, 15) is 0 Å². The van der Waals surface area contributed by atoms with Gasteiger partial charge in [0, 0.05) is 63.5 Å². The van der Waals surface area contributed by atoms with Gasteiger partial charge in [0.25, 0.3) is 0 Å². The lowest BCUT2D eigenvalue weighted by molar-refractivity contribution is 0.240. The van der Waals surface area contributed by atoms with Gasteiger partial charge in [-0.25, -0.2) is 24.9 Å². The quantitative estimate of drug-likeness (QED) is 0.724. The number of rotatable bonds is 3. The Bertz CT molecular complexity index is 812. The van der Waals surface area contributed by atoms with Crippen LogP contribution in [0.25, 0.3) is 11.4 Å². The van der Waals surface area contributed by atoms with Gasteiger partial charge in [0.15, 0.2) is 5.82 Å². The topological polar surface area (TPSA) is 72.6 Å². The summed E-state index contributed by atoms with van der Waals surface area (Å²) in [7, 11) is 1.99. The van der Waals surface area contributed by atoms with E-state index in [2.05, 4.69) is 31.0 Å². The summed E-state index contributed by atoms with van der Waals surface area (Å²) >= 11 is 0. The van der Waals surface area contributed by atoms with Gasteiger partial charge in [0.05, 0.1) is 23.3 Å². The van der Waals surface area contributed by atoms with Gasteiger partial charge in [-0.3, -0.25) is 4.90 Å². The van der Waals surface area contributed by atoms with Crippen molar-refractivity contribution < 1.29 is 0 Å². The first-order valence-corrected chi connectivity index (χ1v) is 7.57. The highest BCUT2D eigenvalue weighted by molar-refractivity contribution is 5.52. The standard InChI is InChI=1S/C16H17N7/c1-22-8-14(20-11-22)9-23-3-2-15-13(7-23)6-19-16(21-15)12-4-17-10-18-5-12/h4-6,8,10-11H,2-3,7,9H2,1H3. The fourth-order valence-electron chi connectivity index (χ4n) is 2.84. The van der Waals surface area contributed by atoms with Crippen LogP contribution in [0, 0.1) is 0 Å². The van der Waals surface area contributed by atoms with E-state index < -0.39 is 0 Å². The summed E-state index contributed by atoms with van der Waals surface area (Å²) < 4.78 is 1.98. The first kappa shape index (κ1) is 14.0. The van der Waals surface area contributed by atoms with Crippen molar-refractivity contribution in [3.8, 4) is 11.4 Å². The zero-order chi connectivity index (χ0) is 15.6. The van der Waals surface area contributed by atoms with Gasteiger partial charge in [-0.05, 0) is 0 Å². The monoisotopic (exact) mass is 307 g/mol. The largest absolute Gasteiger partial charge is 0.340 e. The highest BCUT2D eigenvalue weighted by atomic mass is 15.2. The zero-order valence-electron chi connectivity index (χ0n) is 12.9. The molecule has 3 aromatic heterocycles. The molecule has 4 rings (SSSR count). The lowest BCUT2D eigenvalue weighted by atomic mass is 10.1. The number of nitrogens with zero attached hydrogens (tertiary/aromatic N) is 7. The predicted octanol–water partition coefficient (Wildman–Crippen LogP) is 1.23. The molecule has 0 radical (unpaired) electrons. The van der Waals surface area contributed by atoms with E-state index in [0.29, 0.717) is 5.82 Å². The highest BCUT2D eigenvalue weighted by Gasteiger charge is 2.19. The molecular weight excluding hydrogens is 290 g/mol. The molecule has 7 heteroatoms. The van der Waals surface area contributed by atoms with Crippen molar-refractivity contribution in [2.75, 3.05) is 6.54 Å². The minimum atomic E-state index is 0.697. The van der Waals surface area contributed by atoms with Crippen LogP contribution in [0.5, 0.6) is 0 Å². The summed E-state index contributed by atoms with van der Waals surface area (Å²) in [6.45, 7) is 2.69. The van der Waals surface area contributed by atoms with E-state index >= 15 is 0 Å². The third-order valence-electron chi connectivity index (χ3n) is 3.98. The van der Waals surface area contributed by atoms with Gasteiger partial charge < -0.3 is 4.57 Å². The van der Waals surface area contributed by atoms with E-state index in [1.807, 2.05) is 24.1 Å². The second kappa shape index (κ2) is 5.85. The van der Waals surface area contributed by atoms with Crippen LogP contribution in [0.2, 0.25) is 0 Å². The Morgan fingerprint density at radius 1 is 1.13 bits per heavy atom. The molecule has 0 fully saturated rings. The second-order valence-corrected chi connectivity index (χ2v) is 5.78. The Morgan fingerprint density at radius 2 is 2.00 bits per heavy atom. The average molecular weight is 307 g/mol. The van der Waals surface area contributed by atoms with E-state index in [1.54, 1.807) is 12.4 Å². The Hall–Kier alpha value is -2.67. The molecule has 0 atom stereocenters. The molecule has 0 N–H and O–H groups in total. The number of aromatic nitrogens is 6. The number of fused-ring (bicyclic) bond motifs is 1. The molecule has 23 heavy (non-hydrogen) atoms. The van der Waals surface area contributed by atoms with Crippen LogP contribution < -0.4 is 0 Å². The van der Waals surface area contributed by atoms with Crippen molar-refractivity contribution >= 4 is 0 Å². The summed E-state index contributed by atoms with van der Waals surface area (Å²) in [5.41, 5.74) is 4.25. The summed E-state index contributed by atoms with van der Waals surface area (Å²) in [6, 6.07) is 0. The first-order valence-electron chi connectivity index (χ1n) is 7.57. The zero-order valence-corrected chi connectivity index (χ0v) is 12.9. The van der Waals surface area contributed by atoms with E-state index in [4.69, 9.17) is 4.98 Å². The summed E-state index contributed by atoms with van der Waals surface area (Å²) in [6.07, 6.45) is 11.7. The molecule has 0 amide bonds. The lowest BCUT2D eigenvalue weighted by Gasteiger charge is -2.27. The average Bonchev–Trinajstić information content (AvgIpc) is 3.00. The molecule has 3 aromatic rings. The van der Waals surface area contributed by atoms with Crippen molar-refractivity contribution in [2.24, 2.45) is 7.05 Å². The predicted molar refractivity (Wildman–Crippen MR) is 84.1 cm³/mol. The van der Waals surface area contributed by atoms with Crippen molar-refractivity contribution in [1.29, 1.82) is 0 Å². The Balaban J connectivity index is 1.52. The SMILES string of the molecule is Cn1cnc(CN2CCc3nc(-c4cncnc4)ncc3C2)c1. The summed E-state index contributed by atoms with van der Waals surface area (Å²) in [5, 5.41) is 0. The van der Waals surface area contributed by atoms with E-state index in [-0.39, 0.29) is 0 Å². The Morgan fingerprint density at radius 3 is 2.78 bits per heavy atom. The maximum atomic E-state index is 4.69. The minimum absolute atomic E-state index is 0.697. The molecule has 1 aliphatic heterocycles. The molecule has 0 saturated heterocycles. The first-order chi connectivity index (χ1) is 11.3. The van der Waals surface area contributed by atoms with Crippen LogP contribution in [-0.2, 0) is 26.6 Å². The van der Waals surface area contributed by atoms with Gasteiger partial charge >= 0.3 is 0 Å². The Labute approximate surface area is 134 Å². The molecule has 0 spiro atoms.